The van der Waals surface area contributed by atoms with Crippen molar-refractivity contribution < 1.29 is 0 Å². The fourth-order valence-electron chi connectivity index (χ4n) is 4.42. The Morgan fingerprint density at radius 3 is 2.38 bits per heavy atom. The molecule has 0 aromatic carbocycles. The van der Waals surface area contributed by atoms with Crippen molar-refractivity contribution in [3.8, 4) is 0 Å². The molecule has 2 nitrogen and oxygen atoms in total. The lowest BCUT2D eigenvalue weighted by Crippen LogP contribution is -2.56. The van der Waals surface area contributed by atoms with Crippen molar-refractivity contribution in [3.05, 3.63) is 0 Å². The number of rotatable bonds is 5. The summed E-state index contributed by atoms with van der Waals surface area (Å²) in [6, 6.07) is 1.50. The summed E-state index contributed by atoms with van der Waals surface area (Å²) in [5.74, 6) is 1.82. The van der Waals surface area contributed by atoms with Crippen molar-refractivity contribution in [2.24, 2.45) is 17.3 Å². The Morgan fingerprint density at radius 2 is 1.81 bits per heavy atom. The van der Waals surface area contributed by atoms with Gasteiger partial charge in [-0.3, -0.25) is 4.90 Å². The zero-order chi connectivity index (χ0) is 15.5. The summed E-state index contributed by atoms with van der Waals surface area (Å²) in [4.78, 5) is 2.83. The highest BCUT2D eigenvalue weighted by Crippen LogP contribution is 2.39. The molecule has 2 aliphatic rings. The first-order chi connectivity index (χ1) is 9.93. The molecule has 2 unspecified atom stereocenters. The highest BCUT2D eigenvalue weighted by Gasteiger charge is 2.38. The summed E-state index contributed by atoms with van der Waals surface area (Å²) >= 11 is 0. The third-order valence-electron chi connectivity index (χ3n) is 6.00. The van der Waals surface area contributed by atoms with E-state index in [2.05, 4.69) is 44.8 Å². The van der Waals surface area contributed by atoms with E-state index >= 15 is 0 Å². The fraction of sp³-hybridized carbons (Fsp3) is 1.00. The van der Waals surface area contributed by atoms with Gasteiger partial charge in [0.15, 0.2) is 0 Å². The molecule has 0 amide bonds. The summed E-state index contributed by atoms with van der Waals surface area (Å²) in [6.45, 7) is 15.9. The molecule has 0 bridgehead atoms. The van der Waals surface area contributed by atoms with E-state index in [1.807, 2.05) is 0 Å². The lowest BCUT2D eigenvalue weighted by molar-refractivity contribution is 0.0356. The highest BCUT2D eigenvalue weighted by molar-refractivity contribution is 4.95. The maximum absolute atomic E-state index is 3.85. The summed E-state index contributed by atoms with van der Waals surface area (Å²) in [6.07, 6.45) is 8.20. The van der Waals surface area contributed by atoms with Crippen molar-refractivity contribution in [1.82, 2.24) is 10.2 Å². The fourth-order valence-corrected chi connectivity index (χ4v) is 4.42. The molecular weight excluding hydrogens is 256 g/mol. The summed E-state index contributed by atoms with van der Waals surface area (Å²) in [5.41, 5.74) is 0.532. The van der Waals surface area contributed by atoms with Crippen molar-refractivity contribution in [1.29, 1.82) is 0 Å². The molecule has 1 saturated carbocycles. The smallest absolute Gasteiger partial charge is 0.0254 e. The van der Waals surface area contributed by atoms with E-state index in [0.29, 0.717) is 5.41 Å². The molecule has 0 radical (unpaired) electrons. The van der Waals surface area contributed by atoms with Crippen LogP contribution >= 0.6 is 0 Å². The van der Waals surface area contributed by atoms with Crippen LogP contribution in [0.5, 0.6) is 0 Å². The van der Waals surface area contributed by atoms with Crippen molar-refractivity contribution in [2.45, 2.75) is 85.2 Å². The monoisotopic (exact) mass is 294 g/mol. The van der Waals surface area contributed by atoms with Gasteiger partial charge in [-0.1, -0.05) is 34.6 Å². The minimum atomic E-state index is 0.532. The average Bonchev–Trinajstić information content (AvgIpc) is 2.45. The van der Waals surface area contributed by atoms with Crippen LogP contribution in [0.1, 0.15) is 73.1 Å². The van der Waals surface area contributed by atoms with Gasteiger partial charge in [0.05, 0.1) is 0 Å². The molecule has 1 saturated heterocycles. The van der Waals surface area contributed by atoms with E-state index in [1.54, 1.807) is 0 Å². The Balaban J connectivity index is 1.96. The van der Waals surface area contributed by atoms with Crippen molar-refractivity contribution in [2.75, 3.05) is 19.6 Å². The van der Waals surface area contributed by atoms with E-state index in [4.69, 9.17) is 0 Å². The summed E-state index contributed by atoms with van der Waals surface area (Å²) in [5, 5.41) is 3.85. The second kappa shape index (κ2) is 7.46. The van der Waals surface area contributed by atoms with E-state index in [-0.39, 0.29) is 0 Å². The molecule has 1 aliphatic heterocycles. The standard InChI is InChI=1S/C19H38N2/c1-6-11-20-17-7-10-19(4,5)14-18(17)21-12-8-16(9-13-21)15(2)3/h15-18,20H,6-14H2,1-5H3. The number of piperidine rings is 1. The third kappa shape index (κ3) is 4.69. The predicted molar refractivity (Wildman–Crippen MR) is 92.6 cm³/mol. The topological polar surface area (TPSA) is 15.3 Å². The van der Waals surface area contributed by atoms with Crippen LogP contribution in [0.15, 0.2) is 0 Å². The van der Waals surface area contributed by atoms with E-state index < -0.39 is 0 Å². The Labute approximate surface area is 133 Å². The molecule has 2 rings (SSSR count). The average molecular weight is 295 g/mol. The van der Waals surface area contributed by atoms with Gasteiger partial charge in [-0.25, -0.2) is 0 Å². The number of hydrogen-bond donors (Lipinski definition) is 1. The first kappa shape index (κ1) is 17.3. The van der Waals surface area contributed by atoms with Crippen molar-refractivity contribution >= 4 is 0 Å². The van der Waals surface area contributed by atoms with Gasteiger partial charge in [0, 0.05) is 12.1 Å². The SMILES string of the molecule is CCCNC1CCC(C)(C)CC1N1CCC(C(C)C)CC1. The number of likely N-dealkylation sites (tertiary alicyclic amines) is 1. The molecule has 124 valence electrons. The summed E-state index contributed by atoms with van der Waals surface area (Å²) in [7, 11) is 0. The largest absolute Gasteiger partial charge is 0.312 e. The van der Waals surface area contributed by atoms with Crippen LogP contribution in [-0.4, -0.2) is 36.6 Å². The molecule has 0 spiro atoms. The molecule has 0 aromatic heterocycles. The van der Waals surface area contributed by atoms with Crippen LogP contribution in [0.4, 0.5) is 0 Å². The molecule has 1 heterocycles. The Kier molecular flexibility index (Phi) is 6.14. The first-order valence-corrected chi connectivity index (χ1v) is 9.40. The lowest BCUT2D eigenvalue weighted by Gasteiger charge is -2.48. The molecule has 2 atom stereocenters. The lowest BCUT2D eigenvalue weighted by atomic mass is 9.71. The minimum absolute atomic E-state index is 0.532. The van der Waals surface area contributed by atoms with Gasteiger partial charge in [-0.2, -0.15) is 0 Å². The molecule has 2 fully saturated rings. The van der Waals surface area contributed by atoms with Crippen LogP contribution < -0.4 is 5.32 Å². The summed E-state index contributed by atoms with van der Waals surface area (Å²) < 4.78 is 0. The second-order valence-electron chi connectivity index (χ2n) is 8.65. The zero-order valence-electron chi connectivity index (χ0n) is 15.1. The van der Waals surface area contributed by atoms with Crippen LogP contribution in [0.25, 0.3) is 0 Å². The van der Waals surface area contributed by atoms with Gasteiger partial charge in [0.25, 0.3) is 0 Å². The number of nitrogens with one attached hydrogen (secondary N) is 1. The van der Waals surface area contributed by atoms with Gasteiger partial charge in [0.1, 0.15) is 0 Å². The third-order valence-corrected chi connectivity index (χ3v) is 6.00. The first-order valence-electron chi connectivity index (χ1n) is 9.40. The maximum atomic E-state index is 3.85. The van der Waals surface area contributed by atoms with Gasteiger partial charge in [-0.15, -0.1) is 0 Å². The Bertz CT molecular complexity index is 303. The van der Waals surface area contributed by atoms with Crippen LogP contribution in [0, 0.1) is 17.3 Å². The molecule has 1 aliphatic carbocycles. The van der Waals surface area contributed by atoms with Gasteiger partial charge in [0.2, 0.25) is 0 Å². The van der Waals surface area contributed by atoms with Crippen molar-refractivity contribution in [3.63, 3.8) is 0 Å². The quantitative estimate of drug-likeness (QED) is 0.813. The van der Waals surface area contributed by atoms with E-state index in [1.165, 1.54) is 58.2 Å². The number of nitrogens with zero attached hydrogens (tertiary/aromatic N) is 1. The Morgan fingerprint density at radius 1 is 1.14 bits per heavy atom. The van der Waals surface area contributed by atoms with Crippen LogP contribution in [-0.2, 0) is 0 Å². The van der Waals surface area contributed by atoms with E-state index in [0.717, 1.165) is 23.9 Å². The normalized spacial score (nSPS) is 31.7. The molecular formula is C19H38N2. The van der Waals surface area contributed by atoms with Gasteiger partial charge < -0.3 is 5.32 Å². The highest BCUT2D eigenvalue weighted by atomic mass is 15.2. The number of hydrogen-bond acceptors (Lipinski definition) is 2. The van der Waals surface area contributed by atoms with Gasteiger partial charge >= 0.3 is 0 Å². The Hall–Kier alpha value is -0.0800. The predicted octanol–water partition coefficient (Wildman–Crippen LogP) is 4.30. The molecule has 21 heavy (non-hydrogen) atoms. The zero-order valence-corrected chi connectivity index (χ0v) is 15.1. The second-order valence-corrected chi connectivity index (χ2v) is 8.65. The molecule has 1 N–H and O–H groups in total. The molecule has 2 heteroatoms. The van der Waals surface area contributed by atoms with Gasteiger partial charge in [-0.05, 0) is 75.4 Å². The van der Waals surface area contributed by atoms with Crippen LogP contribution in [0.2, 0.25) is 0 Å². The van der Waals surface area contributed by atoms with E-state index in [9.17, 15) is 0 Å². The minimum Gasteiger partial charge on any atom is -0.312 e. The maximum Gasteiger partial charge on any atom is 0.0254 e. The van der Waals surface area contributed by atoms with Crippen LogP contribution in [0.3, 0.4) is 0 Å². The molecule has 0 aromatic rings.